The lowest BCUT2D eigenvalue weighted by Crippen LogP contribution is -2.26. The van der Waals surface area contributed by atoms with Gasteiger partial charge in [-0.25, -0.2) is 9.97 Å². The Kier molecular flexibility index (Phi) is 6.90. The molecule has 5 rings (SSSR count). The number of anilines is 2. The maximum Gasteiger partial charge on any atom is 0.268 e. The first-order valence-electron chi connectivity index (χ1n) is 11.7. The number of thiophene rings is 1. The highest BCUT2D eigenvalue weighted by Crippen LogP contribution is 2.30. The highest BCUT2D eigenvalue weighted by molar-refractivity contribution is 7.17. The molecule has 2 aromatic carbocycles. The van der Waals surface area contributed by atoms with Crippen molar-refractivity contribution in [1.82, 2.24) is 14.5 Å². The number of hydrogen-bond donors (Lipinski definition) is 2. The zero-order chi connectivity index (χ0) is 27.5. The number of nitrogens with two attached hydrogens (primary N) is 1. The van der Waals surface area contributed by atoms with E-state index < -0.39 is 5.91 Å². The number of benzene rings is 2. The van der Waals surface area contributed by atoms with Gasteiger partial charge in [0.2, 0.25) is 11.9 Å². The summed E-state index contributed by atoms with van der Waals surface area (Å²) in [6.45, 7) is 0.199. The fraction of sp³-hybridized carbons (Fsp3) is 0.111. The minimum Gasteiger partial charge on any atom is -0.443 e. The van der Waals surface area contributed by atoms with Gasteiger partial charge in [-0.05, 0) is 48.5 Å². The van der Waals surface area contributed by atoms with E-state index in [0.29, 0.717) is 38.5 Å². The normalized spacial score (nSPS) is 10.8. The van der Waals surface area contributed by atoms with Crippen molar-refractivity contribution < 1.29 is 18.8 Å². The van der Waals surface area contributed by atoms with Crippen LogP contribution in [0.1, 0.15) is 32.0 Å². The van der Waals surface area contributed by atoms with Crippen LogP contribution in [0.15, 0.2) is 71.6 Å². The van der Waals surface area contributed by atoms with Gasteiger partial charge in [0.1, 0.15) is 0 Å². The molecule has 0 radical (unpaired) electrons. The van der Waals surface area contributed by atoms with E-state index >= 15 is 0 Å². The highest BCUT2D eigenvalue weighted by Gasteiger charge is 2.20. The second-order valence-corrected chi connectivity index (χ2v) is 9.60. The maximum absolute atomic E-state index is 13.1. The quantitative estimate of drug-likeness (QED) is 0.301. The Hall–Kier alpha value is -5.28. The van der Waals surface area contributed by atoms with Crippen molar-refractivity contribution in [1.29, 1.82) is 5.26 Å². The van der Waals surface area contributed by atoms with Gasteiger partial charge in [0.05, 0.1) is 38.6 Å². The van der Waals surface area contributed by atoms with Gasteiger partial charge in [-0.1, -0.05) is 6.07 Å². The van der Waals surface area contributed by atoms with Crippen LogP contribution in [0.4, 0.5) is 11.6 Å². The lowest BCUT2D eigenvalue weighted by atomic mass is 10.1. The van der Waals surface area contributed by atoms with E-state index in [-0.39, 0.29) is 30.7 Å². The first-order valence-corrected chi connectivity index (χ1v) is 12.5. The van der Waals surface area contributed by atoms with Crippen molar-refractivity contribution in [2.75, 3.05) is 17.3 Å². The van der Waals surface area contributed by atoms with Gasteiger partial charge in [-0.15, -0.1) is 11.3 Å². The summed E-state index contributed by atoms with van der Waals surface area (Å²) in [6.07, 6.45) is 2.92. The number of nitrogens with one attached hydrogen (secondary N) is 1. The molecular weight excluding hydrogens is 518 g/mol. The van der Waals surface area contributed by atoms with Crippen LogP contribution < -0.4 is 16.0 Å². The van der Waals surface area contributed by atoms with E-state index in [9.17, 15) is 14.4 Å². The van der Waals surface area contributed by atoms with E-state index in [1.807, 2.05) is 6.07 Å². The first kappa shape index (κ1) is 25.4. The molecule has 0 atom stereocenters. The van der Waals surface area contributed by atoms with E-state index in [1.165, 1.54) is 28.7 Å². The summed E-state index contributed by atoms with van der Waals surface area (Å²) in [4.78, 5) is 48.8. The van der Waals surface area contributed by atoms with Crippen LogP contribution >= 0.6 is 11.3 Å². The molecule has 0 bridgehead atoms. The number of primary amides is 1. The monoisotopic (exact) mass is 539 g/mol. The Balaban J connectivity index is 1.45. The Morgan fingerprint density at radius 2 is 2.03 bits per heavy atom. The number of nitriles is 1. The zero-order valence-corrected chi connectivity index (χ0v) is 21.4. The topological polar surface area (TPSA) is 160 Å². The van der Waals surface area contributed by atoms with Crippen LogP contribution in [0.2, 0.25) is 0 Å². The summed E-state index contributed by atoms with van der Waals surface area (Å²) in [5, 5.41) is 12.0. The van der Waals surface area contributed by atoms with Gasteiger partial charge in [0.25, 0.3) is 11.8 Å². The van der Waals surface area contributed by atoms with Crippen molar-refractivity contribution in [2.45, 2.75) is 13.0 Å². The van der Waals surface area contributed by atoms with E-state index in [0.717, 1.165) is 4.88 Å². The summed E-state index contributed by atoms with van der Waals surface area (Å²) in [5.74, 6) is -0.387. The minimum absolute atomic E-state index is 0.0400. The van der Waals surface area contributed by atoms with Gasteiger partial charge >= 0.3 is 0 Å². The Labute approximate surface area is 226 Å². The van der Waals surface area contributed by atoms with Crippen molar-refractivity contribution in [3.05, 3.63) is 83.2 Å². The fourth-order valence-electron chi connectivity index (χ4n) is 4.00. The Bertz CT molecular complexity index is 1750. The van der Waals surface area contributed by atoms with E-state index in [1.54, 1.807) is 66.3 Å². The number of imidazole rings is 1. The Morgan fingerprint density at radius 1 is 1.18 bits per heavy atom. The average Bonchev–Trinajstić information content (AvgIpc) is 3.70. The molecule has 0 unspecified atom stereocenters. The molecule has 3 aromatic heterocycles. The third-order valence-corrected chi connectivity index (χ3v) is 7.07. The number of aromatic nitrogens is 3. The lowest BCUT2D eigenvalue weighted by molar-refractivity contribution is -0.118. The Morgan fingerprint density at radius 3 is 2.77 bits per heavy atom. The summed E-state index contributed by atoms with van der Waals surface area (Å²) in [5.41, 5.74) is 7.85. The number of aryl methyl sites for hydroxylation is 1. The molecule has 11 nitrogen and oxygen atoms in total. The summed E-state index contributed by atoms with van der Waals surface area (Å²) < 4.78 is 7.00. The van der Waals surface area contributed by atoms with Gasteiger partial charge in [-0.2, -0.15) is 5.26 Å². The molecule has 0 aliphatic rings. The van der Waals surface area contributed by atoms with Gasteiger partial charge in [0.15, 0.2) is 12.2 Å². The smallest absolute Gasteiger partial charge is 0.268 e. The van der Waals surface area contributed by atoms with E-state index in [4.69, 9.17) is 15.4 Å². The van der Waals surface area contributed by atoms with Crippen molar-refractivity contribution in [3.8, 4) is 16.7 Å². The lowest BCUT2D eigenvalue weighted by Gasteiger charge is -2.17. The number of hydrogen-bond acceptors (Lipinski definition) is 8. The molecule has 12 heteroatoms. The van der Waals surface area contributed by atoms with Crippen LogP contribution in [-0.2, 0) is 11.3 Å². The first-order chi connectivity index (χ1) is 18.8. The summed E-state index contributed by atoms with van der Waals surface area (Å²) in [6, 6.07) is 17.1. The maximum atomic E-state index is 13.1. The van der Waals surface area contributed by atoms with Gasteiger partial charge in [0, 0.05) is 31.3 Å². The summed E-state index contributed by atoms with van der Waals surface area (Å²) >= 11 is 1.24. The molecule has 0 saturated carbocycles. The van der Waals surface area contributed by atoms with Crippen LogP contribution in [0.3, 0.4) is 0 Å². The molecule has 3 amide bonds. The molecule has 0 spiro atoms. The number of fused-ring (bicyclic) bond motifs is 1. The SMILES string of the molecule is CN(C(=O)c1cccc(C#N)c1)c1ccc2c(c1)nc(NC(=O)c1ccc(-c3cnco3)s1)n2CCC(N)=O. The third kappa shape index (κ3) is 5.25. The molecule has 39 heavy (non-hydrogen) atoms. The zero-order valence-electron chi connectivity index (χ0n) is 20.6. The number of nitrogens with zero attached hydrogens (tertiary/aromatic N) is 5. The number of carbonyl (C=O) groups excluding carboxylic acids is 3. The van der Waals surface area contributed by atoms with Crippen LogP contribution in [0, 0.1) is 11.3 Å². The minimum atomic E-state index is -0.495. The number of amides is 3. The molecule has 3 N–H and O–H groups in total. The number of rotatable bonds is 8. The van der Waals surface area contributed by atoms with Crippen LogP contribution in [-0.4, -0.2) is 39.3 Å². The number of oxazole rings is 1. The molecule has 3 heterocycles. The standard InChI is InChI=1S/C27H21N7O4S/c1-33(26(37)17-4-2-3-16(11-17)13-28)18-5-6-20-19(12-18)31-27(34(20)10-9-24(29)35)32-25(36)23-8-7-22(39-23)21-14-30-15-38-21/h2-8,11-12,14-15H,9-10H2,1H3,(H2,29,35)(H,31,32,36). The molecule has 0 fully saturated rings. The molecule has 0 aliphatic carbocycles. The predicted octanol–water partition coefficient (Wildman–Crippen LogP) is 4.03. The largest absolute Gasteiger partial charge is 0.443 e. The average molecular weight is 540 g/mol. The van der Waals surface area contributed by atoms with Gasteiger partial charge in [-0.3, -0.25) is 19.7 Å². The fourth-order valence-corrected chi connectivity index (χ4v) is 4.85. The molecular formula is C27H21N7O4S. The van der Waals surface area contributed by atoms with Crippen molar-refractivity contribution >= 4 is 51.7 Å². The van der Waals surface area contributed by atoms with Crippen molar-refractivity contribution in [2.24, 2.45) is 5.73 Å². The molecule has 194 valence electrons. The molecule has 5 aromatic rings. The predicted molar refractivity (Wildman–Crippen MR) is 145 cm³/mol. The second kappa shape index (κ2) is 10.6. The number of carbonyl (C=O) groups is 3. The van der Waals surface area contributed by atoms with Crippen molar-refractivity contribution in [3.63, 3.8) is 0 Å². The highest BCUT2D eigenvalue weighted by atomic mass is 32.1. The molecule has 0 saturated heterocycles. The third-order valence-electron chi connectivity index (χ3n) is 5.97. The summed E-state index contributed by atoms with van der Waals surface area (Å²) in [7, 11) is 1.62. The van der Waals surface area contributed by atoms with Crippen LogP contribution in [0.5, 0.6) is 0 Å². The van der Waals surface area contributed by atoms with Crippen LogP contribution in [0.25, 0.3) is 21.7 Å². The van der Waals surface area contributed by atoms with E-state index in [2.05, 4.69) is 15.3 Å². The molecule has 0 aliphatic heterocycles. The second-order valence-electron chi connectivity index (χ2n) is 8.52. The van der Waals surface area contributed by atoms with Gasteiger partial charge < -0.3 is 19.6 Å².